The second-order valence-electron chi connectivity index (χ2n) is 7.86. The molecule has 0 aromatic heterocycles. The highest BCUT2D eigenvalue weighted by Crippen LogP contribution is 2.44. The first-order valence-electron chi connectivity index (χ1n) is 9.66. The first kappa shape index (κ1) is 16.6. The van der Waals surface area contributed by atoms with Gasteiger partial charge in [-0.3, -0.25) is 0 Å². The third kappa shape index (κ3) is 4.20. The van der Waals surface area contributed by atoms with Crippen LogP contribution in [0.15, 0.2) is 24.3 Å². The van der Waals surface area contributed by atoms with E-state index in [-0.39, 0.29) is 6.03 Å². The minimum Gasteiger partial charge on any atom is -0.497 e. The maximum absolute atomic E-state index is 12.3. The fraction of sp³-hybridized carbons (Fsp3) is 0.650. The van der Waals surface area contributed by atoms with Crippen molar-refractivity contribution in [3.05, 3.63) is 24.3 Å². The number of methoxy groups -OCH3 is 1. The van der Waals surface area contributed by atoms with Gasteiger partial charge in [0.2, 0.25) is 0 Å². The van der Waals surface area contributed by atoms with Gasteiger partial charge in [0.15, 0.2) is 0 Å². The lowest BCUT2D eigenvalue weighted by atomic mass is 10.1. The van der Waals surface area contributed by atoms with Crippen molar-refractivity contribution in [2.24, 2.45) is 17.8 Å². The summed E-state index contributed by atoms with van der Waals surface area (Å²) in [5, 5.41) is 6.36. The van der Waals surface area contributed by atoms with E-state index < -0.39 is 0 Å². The number of urea groups is 1. The van der Waals surface area contributed by atoms with Crippen molar-refractivity contribution in [3.63, 3.8) is 0 Å². The maximum atomic E-state index is 12.3. The van der Waals surface area contributed by atoms with Crippen LogP contribution < -0.4 is 20.3 Å². The number of ether oxygens (including phenoxy) is 1. The standard InChI is InChI=1S/C20H29N3O2/c1-25-18-4-2-3-17(11-18)23-10-9-14(13-23)12-21-20(24)22-19(15-5-6-15)16-7-8-16/h2-4,11,14-16,19H,5-10,12-13H2,1H3,(H2,21,22,24)/t14-/m1/s1. The quantitative estimate of drug-likeness (QED) is 0.800. The molecule has 0 unspecified atom stereocenters. The molecule has 1 aliphatic heterocycles. The van der Waals surface area contributed by atoms with E-state index >= 15 is 0 Å². The lowest BCUT2D eigenvalue weighted by Gasteiger charge is -2.21. The molecule has 1 heterocycles. The summed E-state index contributed by atoms with van der Waals surface area (Å²) in [5.41, 5.74) is 1.20. The largest absolute Gasteiger partial charge is 0.497 e. The van der Waals surface area contributed by atoms with Crippen LogP contribution in [0.2, 0.25) is 0 Å². The van der Waals surface area contributed by atoms with Crippen LogP contribution >= 0.6 is 0 Å². The Morgan fingerprint density at radius 2 is 2.00 bits per heavy atom. The summed E-state index contributed by atoms with van der Waals surface area (Å²) < 4.78 is 5.31. The second-order valence-corrected chi connectivity index (χ2v) is 7.86. The highest BCUT2D eigenvalue weighted by Gasteiger charge is 2.42. The summed E-state index contributed by atoms with van der Waals surface area (Å²) in [6.45, 7) is 2.78. The molecule has 1 saturated heterocycles. The van der Waals surface area contributed by atoms with Crippen molar-refractivity contribution in [2.45, 2.75) is 38.1 Å². The van der Waals surface area contributed by atoms with Gasteiger partial charge in [-0.1, -0.05) is 6.07 Å². The van der Waals surface area contributed by atoms with Crippen molar-refractivity contribution < 1.29 is 9.53 Å². The Balaban J connectivity index is 1.23. The molecular formula is C20H29N3O2. The van der Waals surface area contributed by atoms with E-state index in [1.807, 2.05) is 12.1 Å². The summed E-state index contributed by atoms with van der Waals surface area (Å²) in [6.07, 6.45) is 6.28. The number of hydrogen-bond acceptors (Lipinski definition) is 3. The molecule has 0 radical (unpaired) electrons. The van der Waals surface area contributed by atoms with E-state index in [0.717, 1.165) is 43.6 Å². The Kier molecular flexibility index (Phi) is 4.73. The molecule has 0 spiro atoms. The smallest absolute Gasteiger partial charge is 0.315 e. The lowest BCUT2D eigenvalue weighted by molar-refractivity contribution is 0.231. The average molecular weight is 343 g/mol. The average Bonchev–Trinajstić information content (AvgIpc) is 3.56. The van der Waals surface area contributed by atoms with Gasteiger partial charge in [-0.2, -0.15) is 0 Å². The number of carbonyl (C=O) groups excluding carboxylic acids is 1. The Morgan fingerprint density at radius 1 is 1.24 bits per heavy atom. The SMILES string of the molecule is COc1cccc(N2CC[C@H](CNC(=O)NC(C3CC3)C3CC3)C2)c1. The van der Waals surface area contributed by atoms with Crippen molar-refractivity contribution in [3.8, 4) is 5.75 Å². The van der Waals surface area contributed by atoms with Gasteiger partial charge in [-0.05, 0) is 62.0 Å². The molecule has 5 nitrogen and oxygen atoms in total. The Morgan fingerprint density at radius 3 is 2.68 bits per heavy atom. The number of rotatable bonds is 7. The number of nitrogens with one attached hydrogen (secondary N) is 2. The van der Waals surface area contributed by atoms with Gasteiger partial charge in [0.1, 0.15) is 5.75 Å². The fourth-order valence-corrected chi connectivity index (χ4v) is 4.01. The first-order chi connectivity index (χ1) is 12.2. The molecule has 1 atom stereocenters. The summed E-state index contributed by atoms with van der Waals surface area (Å²) >= 11 is 0. The highest BCUT2D eigenvalue weighted by molar-refractivity contribution is 5.74. The molecule has 4 rings (SSSR count). The monoisotopic (exact) mass is 343 g/mol. The zero-order chi connectivity index (χ0) is 17.2. The van der Waals surface area contributed by atoms with E-state index in [1.165, 1.54) is 31.4 Å². The van der Waals surface area contributed by atoms with E-state index in [0.29, 0.717) is 12.0 Å². The van der Waals surface area contributed by atoms with Gasteiger partial charge in [0, 0.05) is 37.4 Å². The molecule has 1 aromatic rings. The number of anilines is 1. The zero-order valence-electron chi connectivity index (χ0n) is 15.0. The number of hydrogen-bond donors (Lipinski definition) is 2. The van der Waals surface area contributed by atoms with Crippen LogP contribution in [0, 0.1) is 17.8 Å². The molecule has 1 aromatic carbocycles. The van der Waals surface area contributed by atoms with Crippen LogP contribution in [0.25, 0.3) is 0 Å². The van der Waals surface area contributed by atoms with Crippen LogP contribution in [0.1, 0.15) is 32.1 Å². The topological polar surface area (TPSA) is 53.6 Å². The van der Waals surface area contributed by atoms with Crippen LogP contribution in [0.5, 0.6) is 5.75 Å². The summed E-state index contributed by atoms with van der Waals surface area (Å²) in [4.78, 5) is 14.6. The van der Waals surface area contributed by atoms with E-state index in [9.17, 15) is 4.79 Å². The van der Waals surface area contributed by atoms with Crippen molar-refractivity contribution >= 4 is 11.7 Å². The van der Waals surface area contributed by atoms with Gasteiger partial charge in [0.05, 0.1) is 7.11 Å². The van der Waals surface area contributed by atoms with E-state index in [4.69, 9.17) is 4.74 Å². The third-order valence-electron chi connectivity index (χ3n) is 5.81. The minimum absolute atomic E-state index is 0.0311. The zero-order valence-corrected chi connectivity index (χ0v) is 15.0. The normalized spacial score (nSPS) is 23.0. The van der Waals surface area contributed by atoms with Crippen molar-refractivity contribution in [1.82, 2.24) is 10.6 Å². The Hall–Kier alpha value is -1.91. The predicted molar refractivity (Wildman–Crippen MR) is 99.1 cm³/mol. The second kappa shape index (κ2) is 7.14. The molecule has 25 heavy (non-hydrogen) atoms. The van der Waals surface area contributed by atoms with Crippen LogP contribution in [-0.2, 0) is 0 Å². The number of amides is 2. The van der Waals surface area contributed by atoms with Gasteiger partial charge < -0.3 is 20.3 Å². The maximum Gasteiger partial charge on any atom is 0.315 e. The molecule has 0 bridgehead atoms. The Bertz CT molecular complexity index is 601. The van der Waals surface area contributed by atoms with Gasteiger partial charge in [-0.25, -0.2) is 4.79 Å². The number of benzene rings is 1. The molecule has 2 N–H and O–H groups in total. The van der Waals surface area contributed by atoms with Gasteiger partial charge in [0.25, 0.3) is 0 Å². The van der Waals surface area contributed by atoms with Gasteiger partial charge >= 0.3 is 6.03 Å². The van der Waals surface area contributed by atoms with Crippen molar-refractivity contribution in [2.75, 3.05) is 31.6 Å². The molecule has 3 fully saturated rings. The fourth-order valence-electron chi connectivity index (χ4n) is 4.01. The predicted octanol–water partition coefficient (Wildman–Crippen LogP) is 3.01. The number of nitrogens with zero attached hydrogens (tertiary/aromatic N) is 1. The van der Waals surface area contributed by atoms with Crippen LogP contribution in [0.4, 0.5) is 10.5 Å². The van der Waals surface area contributed by atoms with Crippen LogP contribution in [-0.4, -0.2) is 38.8 Å². The summed E-state index contributed by atoms with van der Waals surface area (Å²) in [6, 6.07) is 8.67. The first-order valence-corrected chi connectivity index (χ1v) is 9.66. The molecule has 2 saturated carbocycles. The lowest BCUT2D eigenvalue weighted by Crippen LogP contribution is -2.45. The summed E-state index contributed by atoms with van der Waals surface area (Å²) in [5.74, 6) is 2.89. The molecule has 5 heteroatoms. The van der Waals surface area contributed by atoms with Crippen LogP contribution in [0.3, 0.4) is 0 Å². The Labute approximate surface area is 150 Å². The summed E-state index contributed by atoms with van der Waals surface area (Å²) in [7, 11) is 1.70. The molecule has 2 aliphatic carbocycles. The molecule has 3 aliphatic rings. The molecular weight excluding hydrogens is 314 g/mol. The highest BCUT2D eigenvalue weighted by atomic mass is 16.5. The third-order valence-corrected chi connectivity index (χ3v) is 5.81. The minimum atomic E-state index is 0.0311. The van der Waals surface area contributed by atoms with E-state index in [1.54, 1.807) is 7.11 Å². The molecule has 2 amide bonds. The van der Waals surface area contributed by atoms with E-state index in [2.05, 4.69) is 27.7 Å². The van der Waals surface area contributed by atoms with Crippen molar-refractivity contribution in [1.29, 1.82) is 0 Å². The van der Waals surface area contributed by atoms with Gasteiger partial charge in [-0.15, -0.1) is 0 Å². The number of carbonyl (C=O) groups is 1. The molecule has 136 valence electrons.